The summed E-state index contributed by atoms with van der Waals surface area (Å²) < 4.78 is 5.60. The zero-order chi connectivity index (χ0) is 12.7. The maximum atomic E-state index is 9.04. The van der Waals surface area contributed by atoms with Crippen molar-refractivity contribution in [2.75, 3.05) is 26.2 Å². The lowest BCUT2D eigenvalue weighted by molar-refractivity contribution is -0.0498. The number of hydrogen-bond donors (Lipinski definition) is 1. The zero-order valence-electron chi connectivity index (χ0n) is 11.3. The molecule has 3 unspecified atom stereocenters. The molecule has 0 bridgehead atoms. The summed E-state index contributed by atoms with van der Waals surface area (Å²) in [4.78, 5) is 2.42. The van der Waals surface area contributed by atoms with Gasteiger partial charge in [0.05, 0.1) is 24.8 Å². The van der Waals surface area contributed by atoms with Gasteiger partial charge in [-0.2, -0.15) is 5.26 Å². The first-order chi connectivity index (χ1) is 8.17. The summed E-state index contributed by atoms with van der Waals surface area (Å²) in [6, 6.07) is 2.79. The van der Waals surface area contributed by atoms with Crippen molar-refractivity contribution in [3.05, 3.63) is 0 Å². The molecule has 1 saturated heterocycles. The molecule has 0 aliphatic carbocycles. The number of nitrogens with one attached hydrogen (secondary N) is 1. The molecule has 0 aromatic carbocycles. The molecule has 1 N–H and O–H groups in total. The Bertz CT molecular complexity index is 252. The molecule has 0 aromatic rings. The van der Waals surface area contributed by atoms with Crippen LogP contribution in [0.5, 0.6) is 0 Å². The summed E-state index contributed by atoms with van der Waals surface area (Å²) in [5.41, 5.74) is 0. The monoisotopic (exact) mass is 239 g/mol. The third-order valence-electron chi connectivity index (χ3n) is 3.24. The van der Waals surface area contributed by atoms with Crippen LogP contribution in [-0.2, 0) is 4.74 Å². The zero-order valence-corrected chi connectivity index (χ0v) is 11.3. The summed E-state index contributed by atoms with van der Waals surface area (Å²) in [6.45, 7) is 10.1. The van der Waals surface area contributed by atoms with E-state index in [0.717, 1.165) is 39.1 Å². The van der Waals surface area contributed by atoms with Crippen molar-refractivity contribution >= 4 is 0 Å². The summed E-state index contributed by atoms with van der Waals surface area (Å²) in [7, 11) is 0. The van der Waals surface area contributed by atoms with Crippen LogP contribution in [0, 0.1) is 11.3 Å². The van der Waals surface area contributed by atoms with Gasteiger partial charge in [-0.1, -0.05) is 6.92 Å². The molecule has 0 radical (unpaired) electrons. The fourth-order valence-electron chi connectivity index (χ4n) is 2.11. The van der Waals surface area contributed by atoms with Crippen molar-refractivity contribution in [2.24, 2.45) is 0 Å². The highest BCUT2D eigenvalue weighted by Gasteiger charge is 2.23. The van der Waals surface area contributed by atoms with Crippen molar-refractivity contribution in [3.63, 3.8) is 0 Å². The third-order valence-corrected chi connectivity index (χ3v) is 3.24. The first-order valence-electron chi connectivity index (χ1n) is 6.66. The normalized spacial score (nSPS) is 27.6. The van der Waals surface area contributed by atoms with Crippen LogP contribution in [0.3, 0.4) is 0 Å². The van der Waals surface area contributed by atoms with Gasteiger partial charge in [-0.25, -0.2) is 0 Å². The van der Waals surface area contributed by atoms with Crippen molar-refractivity contribution < 1.29 is 4.74 Å². The second-order valence-electron chi connectivity index (χ2n) is 4.91. The predicted molar refractivity (Wildman–Crippen MR) is 68.8 cm³/mol. The minimum absolute atomic E-state index is 0.0136. The van der Waals surface area contributed by atoms with Gasteiger partial charge in [0, 0.05) is 19.1 Å². The lowest BCUT2D eigenvalue weighted by Crippen LogP contribution is -2.48. The van der Waals surface area contributed by atoms with Crippen LogP contribution >= 0.6 is 0 Å². The van der Waals surface area contributed by atoms with E-state index in [1.165, 1.54) is 0 Å². The molecule has 0 saturated carbocycles. The van der Waals surface area contributed by atoms with Gasteiger partial charge < -0.3 is 10.1 Å². The van der Waals surface area contributed by atoms with Gasteiger partial charge in [0.15, 0.2) is 0 Å². The fourth-order valence-corrected chi connectivity index (χ4v) is 2.11. The number of morpholine rings is 1. The summed E-state index contributed by atoms with van der Waals surface area (Å²) in [5.74, 6) is 0. The first kappa shape index (κ1) is 14.4. The van der Waals surface area contributed by atoms with E-state index in [1.807, 2.05) is 0 Å². The van der Waals surface area contributed by atoms with Crippen LogP contribution in [0.15, 0.2) is 0 Å². The number of ether oxygens (including phenoxy) is 1. The molecule has 1 aliphatic heterocycles. The number of nitrogens with zero attached hydrogens (tertiary/aromatic N) is 2. The molecule has 4 heteroatoms. The molecule has 0 amide bonds. The Balaban J connectivity index is 2.30. The van der Waals surface area contributed by atoms with E-state index in [2.05, 4.69) is 37.1 Å². The van der Waals surface area contributed by atoms with Crippen LogP contribution in [0.4, 0.5) is 0 Å². The highest BCUT2D eigenvalue weighted by atomic mass is 16.5. The highest BCUT2D eigenvalue weighted by Crippen LogP contribution is 2.12. The first-order valence-corrected chi connectivity index (χ1v) is 6.66. The van der Waals surface area contributed by atoms with Gasteiger partial charge in [0.25, 0.3) is 0 Å². The predicted octanol–water partition coefficient (Wildman–Crippen LogP) is 1.38. The lowest BCUT2D eigenvalue weighted by Gasteiger charge is -2.37. The molecule has 1 rings (SSSR count). The van der Waals surface area contributed by atoms with Crippen molar-refractivity contribution in [2.45, 2.75) is 51.8 Å². The molecule has 1 heterocycles. The minimum atomic E-state index is -0.0136. The Morgan fingerprint density at radius 3 is 2.94 bits per heavy atom. The van der Waals surface area contributed by atoms with Crippen LogP contribution in [0.1, 0.15) is 33.6 Å². The maximum absolute atomic E-state index is 9.04. The van der Waals surface area contributed by atoms with Crippen LogP contribution in [0.2, 0.25) is 0 Å². The van der Waals surface area contributed by atoms with Crippen LogP contribution in [0.25, 0.3) is 0 Å². The second-order valence-corrected chi connectivity index (χ2v) is 4.91. The van der Waals surface area contributed by atoms with Crippen molar-refractivity contribution in [1.29, 1.82) is 5.26 Å². The van der Waals surface area contributed by atoms with Gasteiger partial charge in [-0.3, -0.25) is 4.90 Å². The van der Waals surface area contributed by atoms with E-state index in [0.29, 0.717) is 12.1 Å². The van der Waals surface area contributed by atoms with Gasteiger partial charge in [-0.05, 0) is 33.2 Å². The quantitative estimate of drug-likeness (QED) is 0.760. The third kappa shape index (κ3) is 5.03. The van der Waals surface area contributed by atoms with E-state index in [-0.39, 0.29) is 6.04 Å². The smallest absolute Gasteiger partial charge is 0.0965 e. The standard InChI is InChI=1S/C13H25N3O/c1-4-6-15-13(8-14)5-7-16-9-12(3)17-10-11(16)2/h11-13,15H,4-7,9-10H2,1-3H3. The molecule has 17 heavy (non-hydrogen) atoms. The summed E-state index contributed by atoms with van der Waals surface area (Å²) in [5, 5.41) is 12.3. The lowest BCUT2D eigenvalue weighted by atomic mass is 10.1. The van der Waals surface area contributed by atoms with E-state index in [1.54, 1.807) is 0 Å². The Kier molecular flexibility index (Phi) is 6.49. The number of rotatable bonds is 6. The van der Waals surface area contributed by atoms with E-state index in [9.17, 15) is 0 Å². The Morgan fingerprint density at radius 1 is 1.53 bits per heavy atom. The van der Waals surface area contributed by atoms with Gasteiger partial charge >= 0.3 is 0 Å². The van der Waals surface area contributed by atoms with Gasteiger partial charge in [0.2, 0.25) is 0 Å². The molecule has 0 spiro atoms. The Labute approximate surface area is 105 Å². The average molecular weight is 239 g/mol. The van der Waals surface area contributed by atoms with Crippen LogP contribution in [-0.4, -0.2) is 49.3 Å². The molecular weight excluding hydrogens is 214 g/mol. The maximum Gasteiger partial charge on any atom is 0.0965 e. The topological polar surface area (TPSA) is 48.3 Å². The van der Waals surface area contributed by atoms with E-state index >= 15 is 0 Å². The largest absolute Gasteiger partial charge is 0.376 e. The Morgan fingerprint density at radius 2 is 2.29 bits per heavy atom. The Hall–Kier alpha value is -0.630. The van der Waals surface area contributed by atoms with Crippen molar-refractivity contribution in [1.82, 2.24) is 10.2 Å². The SMILES string of the molecule is CCCNC(C#N)CCN1CC(C)OCC1C. The average Bonchev–Trinajstić information content (AvgIpc) is 2.33. The van der Waals surface area contributed by atoms with Crippen LogP contribution < -0.4 is 5.32 Å². The van der Waals surface area contributed by atoms with E-state index in [4.69, 9.17) is 10.00 Å². The van der Waals surface area contributed by atoms with Gasteiger partial charge in [-0.15, -0.1) is 0 Å². The molecule has 0 aromatic heterocycles. The molecule has 3 atom stereocenters. The molecule has 1 fully saturated rings. The highest BCUT2D eigenvalue weighted by molar-refractivity contribution is 4.90. The van der Waals surface area contributed by atoms with Crippen molar-refractivity contribution in [3.8, 4) is 6.07 Å². The molecular formula is C13H25N3O. The summed E-state index contributed by atoms with van der Waals surface area (Å²) >= 11 is 0. The van der Waals surface area contributed by atoms with Gasteiger partial charge in [0.1, 0.15) is 0 Å². The second kappa shape index (κ2) is 7.65. The molecule has 4 nitrogen and oxygen atoms in total. The molecule has 1 aliphatic rings. The summed E-state index contributed by atoms with van der Waals surface area (Å²) in [6.07, 6.45) is 2.28. The fraction of sp³-hybridized carbons (Fsp3) is 0.923. The minimum Gasteiger partial charge on any atom is -0.376 e. The van der Waals surface area contributed by atoms with E-state index < -0.39 is 0 Å². The molecule has 98 valence electrons. The number of hydrogen-bond acceptors (Lipinski definition) is 4. The number of nitriles is 1.